The molecule has 0 saturated carbocycles. The molecular weight excluding hydrogens is 661 g/mol. The zero-order valence-corrected chi connectivity index (χ0v) is 31.0. The van der Waals surface area contributed by atoms with Gasteiger partial charge in [-0.1, -0.05) is 196 Å². The molecule has 10 aromatic carbocycles. The molecule has 1 aliphatic rings. The Kier molecular flexibility index (Phi) is 7.00. The van der Waals surface area contributed by atoms with Crippen LogP contribution in [0.4, 0.5) is 0 Å². The lowest BCUT2D eigenvalue weighted by Crippen LogP contribution is -2.16. The molecule has 0 aromatic heterocycles. The lowest BCUT2D eigenvalue weighted by atomic mass is 9.78. The van der Waals surface area contributed by atoms with E-state index in [1.54, 1.807) is 0 Å². The maximum atomic E-state index is 2.43. The van der Waals surface area contributed by atoms with Crippen LogP contribution in [0.25, 0.3) is 98.7 Å². The van der Waals surface area contributed by atoms with Crippen LogP contribution in [0, 0.1) is 0 Å². The lowest BCUT2D eigenvalue weighted by Gasteiger charge is -2.25. The molecule has 10 aromatic rings. The van der Waals surface area contributed by atoms with Crippen molar-refractivity contribution in [2.75, 3.05) is 0 Å². The molecule has 0 unspecified atom stereocenters. The summed E-state index contributed by atoms with van der Waals surface area (Å²) < 4.78 is 0. The molecule has 0 heterocycles. The molecule has 0 spiro atoms. The van der Waals surface area contributed by atoms with E-state index in [4.69, 9.17) is 0 Å². The largest absolute Gasteiger partial charge is 0.0616 e. The van der Waals surface area contributed by atoms with Crippen LogP contribution in [0.2, 0.25) is 0 Å². The van der Waals surface area contributed by atoms with Gasteiger partial charge >= 0.3 is 0 Å². The van der Waals surface area contributed by atoms with E-state index in [1.165, 1.54) is 110 Å². The molecule has 0 fully saturated rings. The van der Waals surface area contributed by atoms with Gasteiger partial charge in [-0.25, -0.2) is 0 Å². The molecular formula is C55H38. The number of hydrogen-bond donors (Lipinski definition) is 0. The van der Waals surface area contributed by atoms with Crippen LogP contribution in [-0.2, 0) is 5.41 Å². The third-order valence-electron chi connectivity index (χ3n) is 12.2. The summed E-state index contributed by atoms with van der Waals surface area (Å²) in [7, 11) is 0. The van der Waals surface area contributed by atoms with Crippen molar-refractivity contribution < 1.29 is 0 Å². The minimum absolute atomic E-state index is 0.133. The molecule has 55 heavy (non-hydrogen) atoms. The minimum Gasteiger partial charge on any atom is -0.0616 e. The van der Waals surface area contributed by atoms with E-state index < -0.39 is 0 Å². The maximum Gasteiger partial charge on any atom is 0.0165 e. The standard InChI is InChI=1S/C55H38/c1-55(2)50-32-31-37-14-5-6-18-43(37)53(50)49-24-12-23-44(54(49)55)41-16-11-17-42(34-41)52-47-21-9-7-19-45(47)51(46-20-8-10-22-48(46)52)38-28-25-36(26-29-38)40-30-27-35-13-3-4-15-39(35)33-40/h3-34H,1-2H3. The first kappa shape index (κ1) is 31.7. The molecule has 0 nitrogen and oxygen atoms in total. The SMILES string of the molecule is CC1(C)c2ccc3ccccc3c2-c2cccc(-c3cccc(-c4c5ccccc5c(-c5ccc(-c6ccc7ccccc7c6)cc5)c5ccccc45)c3)c21. The fourth-order valence-electron chi connectivity index (χ4n) is 9.68. The molecule has 0 aliphatic heterocycles. The summed E-state index contributed by atoms with van der Waals surface area (Å²) in [6.45, 7) is 4.79. The van der Waals surface area contributed by atoms with Crippen LogP contribution in [0.5, 0.6) is 0 Å². The van der Waals surface area contributed by atoms with Crippen LogP contribution in [0.3, 0.4) is 0 Å². The van der Waals surface area contributed by atoms with Crippen molar-refractivity contribution >= 4 is 43.1 Å². The summed E-state index contributed by atoms with van der Waals surface area (Å²) in [5.74, 6) is 0. The van der Waals surface area contributed by atoms with Crippen LogP contribution in [0.1, 0.15) is 25.0 Å². The van der Waals surface area contributed by atoms with Crippen molar-refractivity contribution in [3.63, 3.8) is 0 Å². The van der Waals surface area contributed by atoms with Crippen LogP contribution in [-0.4, -0.2) is 0 Å². The highest BCUT2D eigenvalue weighted by Gasteiger charge is 2.38. The van der Waals surface area contributed by atoms with E-state index in [2.05, 4.69) is 208 Å². The zero-order valence-electron chi connectivity index (χ0n) is 31.0. The van der Waals surface area contributed by atoms with Gasteiger partial charge in [0.2, 0.25) is 0 Å². The summed E-state index contributed by atoms with van der Waals surface area (Å²) in [5.41, 5.74) is 15.5. The van der Waals surface area contributed by atoms with E-state index >= 15 is 0 Å². The smallest absolute Gasteiger partial charge is 0.0165 e. The Hall–Kier alpha value is -6.76. The summed E-state index contributed by atoms with van der Waals surface area (Å²) in [6.07, 6.45) is 0. The quantitative estimate of drug-likeness (QED) is 0.161. The monoisotopic (exact) mass is 698 g/mol. The number of rotatable bonds is 4. The van der Waals surface area contributed by atoms with Gasteiger partial charge in [-0.3, -0.25) is 0 Å². The van der Waals surface area contributed by atoms with Gasteiger partial charge in [0, 0.05) is 5.41 Å². The van der Waals surface area contributed by atoms with E-state index in [-0.39, 0.29) is 5.41 Å². The van der Waals surface area contributed by atoms with Crippen LogP contribution >= 0.6 is 0 Å². The molecule has 0 atom stereocenters. The van der Waals surface area contributed by atoms with Gasteiger partial charge in [-0.2, -0.15) is 0 Å². The molecule has 0 saturated heterocycles. The Morgan fingerprint density at radius 1 is 0.291 bits per heavy atom. The molecule has 1 aliphatic carbocycles. The second-order valence-corrected chi connectivity index (χ2v) is 15.6. The summed E-state index contributed by atoms with van der Waals surface area (Å²) in [5, 5.41) is 10.2. The molecule has 0 bridgehead atoms. The highest BCUT2D eigenvalue weighted by Crippen LogP contribution is 2.54. The minimum atomic E-state index is -0.133. The molecule has 11 rings (SSSR count). The fraction of sp³-hybridized carbons (Fsp3) is 0.0545. The van der Waals surface area contributed by atoms with Crippen molar-refractivity contribution in [2.24, 2.45) is 0 Å². The van der Waals surface area contributed by atoms with E-state index in [9.17, 15) is 0 Å². The Morgan fingerprint density at radius 3 is 1.51 bits per heavy atom. The highest BCUT2D eigenvalue weighted by atomic mass is 14.4. The summed E-state index contributed by atoms with van der Waals surface area (Å²) >= 11 is 0. The van der Waals surface area contributed by atoms with Gasteiger partial charge in [-0.15, -0.1) is 0 Å². The van der Waals surface area contributed by atoms with Crippen molar-refractivity contribution in [2.45, 2.75) is 19.3 Å². The summed E-state index contributed by atoms with van der Waals surface area (Å²) in [6, 6.07) is 72.1. The lowest BCUT2D eigenvalue weighted by molar-refractivity contribution is 0.662. The summed E-state index contributed by atoms with van der Waals surface area (Å²) in [4.78, 5) is 0. The zero-order chi connectivity index (χ0) is 36.7. The average molecular weight is 699 g/mol. The van der Waals surface area contributed by atoms with Gasteiger partial charge in [0.1, 0.15) is 0 Å². The van der Waals surface area contributed by atoms with Crippen molar-refractivity contribution in [1.82, 2.24) is 0 Å². The van der Waals surface area contributed by atoms with E-state index in [1.807, 2.05) is 0 Å². The average Bonchev–Trinajstić information content (AvgIpc) is 3.49. The number of hydrogen-bond acceptors (Lipinski definition) is 0. The molecule has 0 N–H and O–H groups in total. The molecule has 258 valence electrons. The fourth-order valence-corrected chi connectivity index (χ4v) is 9.68. The Labute approximate surface area is 322 Å². The van der Waals surface area contributed by atoms with Crippen LogP contribution < -0.4 is 0 Å². The van der Waals surface area contributed by atoms with Crippen molar-refractivity contribution in [3.05, 3.63) is 205 Å². The third-order valence-corrected chi connectivity index (χ3v) is 12.2. The first-order chi connectivity index (χ1) is 27.0. The van der Waals surface area contributed by atoms with E-state index in [0.29, 0.717) is 0 Å². The second-order valence-electron chi connectivity index (χ2n) is 15.6. The van der Waals surface area contributed by atoms with Gasteiger partial charge in [0.15, 0.2) is 0 Å². The number of fused-ring (bicyclic) bond motifs is 8. The predicted molar refractivity (Wildman–Crippen MR) is 236 cm³/mol. The van der Waals surface area contributed by atoms with Crippen molar-refractivity contribution in [1.29, 1.82) is 0 Å². The van der Waals surface area contributed by atoms with E-state index in [0.717, 1.165) is 0 Å². The first-order valence-electron chi connectivity index (χ1n) is 19.3. The molecule has 0 amide bonds. The van der Waals surface area contributed by atoms with Crippen molar-refractivity contribution in [3.8, 4) is 55.6 Å². The first-order valence-corrected chi connectivity index (χ1v) is 19.3. The Balaban J connectivity index is 1.07. The number of benzene rings is 10. The predicted octanol–water partition coefficient (Wildman–Crippen LogP) is 15.3. The highest BCUT2D eigenvalue weighted by molar-refractivity contribution is 6.21. The van der Waals surface area contributed by atoms with Crippen LogP contribution in [0.15, 0.2) is 194 Å². The Morgan fingerprint density at radius 2 is 0.800 bits per heavy atom. The third kappa shape index (κ3) is 4.85. The topological polar surface area (TPSA) is 0 Å². The molecule has 0 heteroatoms. The maximum absolute atomic E-state index is 2.43. The Bertz CT molecular complexity index is 3100. The normalized spacial score (nSPS) is 13.1. The molecule has 0 radical (unpaired) electrons. The second kappa shape index (κ2) is 12.1. The van der Waals surface area contributed by atoms with Gasteiger partial charge in [-0.05, 0) is 122 Å². The van der Waals surface area contributed by atoms with Gasteiger partial charge in [0.05, 0.1) is 0 Å². The van der Waals surface area contributed by atoms with Gasteiger partial charge in [0.25, 0.3) is 0 Å². The van der Waals surface area contributed by atoms with Gasteiger partial charge < -0.3 is 0 Å².